The monoisotopic (exact) mass is 246 g/mol. The summed E-state index contributed by atoms with van der Waals surface area (Å²) in [5, 5.41) is 3.56. The van der Waals surface area contributed by atoms with Crippen molar-refractivity contribution in [1.82, 2.24) is 5.32 Å². The number of benzene rings is 1. The Morgan fingerprint density at radius 2 is 2.00 bits per heavy atom. The Kier molecular flexibility index (Phi) is 3.67. The summed E-state index contributed by atoms with van der Waals surface area (Å²) < 4.78 is 0. The molecule has 1 aromatic rings. The van der Waals surface area contributed by atoms with Gasteiger partial charge in [0.1, 0.15) is 0 Å². The molecule has 1 aliphatic rings. The Labute approximate surface area is 111 Å². The van der Waals surface area contributed by atoms with E-state index in [0.717, 1.165) is 13.1 Å². The first kappa shape index (κ1) is 13.4. The molecule has 1 heterocycles. The van der Waals surface area contributed by atoms with E-state index >= 15 is 0 Å². The van der Waals surface area contributed by atoms with Crippen LogP contribution in [-0.2, 0) is 0 Å². The zero-order chi connectivity index (χ0) is 13.3. The minimum absolute atomic E-state index is 0.163. The minimum Gasteiger partial charge on any atom is -0.362 e. The van der Waals surface area contributed by atoms with Gasteiger partial charge in [-0.2, -0.15) is 0 Å². The quantitative estimate of drug-likeness (QED) is 0.818. The molecule has 100 valence electrons. The molecule has 0 aliphatic carbocycles. The highest BCUT2D eigenvalue weighted by Gasteiger charge is 2.33. The fourth-order valence-corrected chi connectivity index (χ4v) is 3.16. The van der Waals surface area contributed by atoms with Crippen LogP contribution >= 0.6 is 0 Å². The normalized spacial score (nSPS) is 23.8. The van der Waals surface area contributed by atoms with Gasteiger partial charge in [-0.05, 0) is 59.2 Å². The van der Waals surface area contributed by atoms with Gasteiger partial charge in [0.05, 0.1) is 0 Å². The summed E-state index contributed by atoms with van der Waals surface area (Å²) in [4.78, 5) is 2.60. The standard InChI is InChI=1S/C16H26N2/c1-12-6-7-15(13(2)10-12)18-14(3)8-9-17-11-16(18,4)5/h6-7,10,14,17H,8-9,11H2,1-5H3. The molecule has 2 rings (SSSR count). The van der Waals surface area contributed by atoms with Crippen LogP contribution in [0.2, 0.25) is 0 Å². The Bertz CT molecular complexity index is 423. The van der Waals surface area contributed by atoms with E-state index in [2.05, 4.69) is 63.0 Å². The Hall–Kier alpha value is -1.02. The number of nitrogens with one attached hydrogen (secondary N) is 1. The number of hydrogen-bond acceptors (Lipinski definition) is 2. The van der Waals surface area contributed by atoms with Crippen molar-refractivity contribution < 1.29 is 0 Å². The highest BCUT2D eigenvalue weighted by atomic mass is 15.3. The molecule has 18 heavy (non-hydrogen) atoms. The predicted octanol–water partition coefficient (Wildman–Crippen LogP) is 3.27. The summed E-state index contributed by atoms with van der Waals surface area (Å²) in [5.74, 6) is 0. The Balaban J connectivity index is 2.43. The average molecular weight is 246 g/mol. The van der Waals surface area contributed by atoms with Crippen molar-refractivity contribution in [2.75, 3.05) is 18.0 Å². The Morgan fingerprint density at radius 1 is 1.28 bits per heavy atom. The van der Waals surface area contributed by atoms with Crippen molar-refractivity contribution in [3.05, 3.63) is 29.3 Å². The lowest BCUT2D eigenvalue weighted by Gasteiger charge is -2.43. The van der Waals surface area contributed by atoms with Gasteiger partial charge in [-0.25, -0.2) is 0 Å². The van der Waals surface area contributed by atoms with Crippen molar-refractivity contribution in [3.8, 4) is 0 Å². The maximum absolute atomic E-state index is 3.56. The third-order valence-electron chi connectivity index (χ3n) is 4.00. The summed E-state index contributed by atoms with van der Waals surface area (Å²) in [6.45, 7) is 13.6. The fourth-order valence-electron chi connectivity index (χ4n) is 3.16. The highest BCUT2D eigenvalue weighted by molar-refractivity contribution is 5.57. The van der Waals surface area contributed by atoms with Gasteiger partial charge in [0, 0.05) is 23.8 Å². The van der Waals surface area contributed by atoms with E-state index in [9.17, 15) is 0 Å². The molecule has 0 radical (unpaired) electrons. The van der Waals surface area contributed by atoms with Crippen LogP contribution in [0.4, 0.5) is 5.69 Å². The van der Waals surface area contributed by atoms with Gasteiger partial charge in [0.25, 0.3) is 0 Å². The van der Waals surface area contributed by atoms with Crippen LogP contribution in [0.5, 0.6) is 0 Å². The van der Waals surface area contributed by atoms with E-state index in [0.29, 0.717) is 6.04 Å². The second-order valence-electron chi connectivity index (χ2n) is 6.29. The highest BCUT2D eigenvalue weighted by Crippen LogP contribution is 2.32. The number of aryl methyl sites for hydroxylation is 2. The molecule has 2 nitrogen and oxygen atoms in total. The molecule has 0 saturated carbocycles. The van der Waals surface area contributed by atoms with Crippen molar-refractivity contribution in [2.24, 2.45) is 0 Å². The van der Waals surface area contributed by atoms with Crippen molar-refractivity contribution in [1.29, 1.82) is 0 Å². The maximum atomic E-state index is 3.56. The zero-order valence-electron chi connectivity index (χ0n) is 12.4. The first-order chi connectivity index (χ1) is 8.42. The smallest absolute Gasteiger partial charge is 0.0473 e. The average Bonchev–Trinajstić information content (AvgIpc) is 2.39. The molecular weight excluding hydrogens is 220 g/mol. The van der Waals surface area contributed by atoms with Crippen LogP contribution in [0.1, 0.15) is 38.3 Å². The molecule has 1 N–H and O–H groups in total. The molecular formula is C16H26N2. The van der Waals surface area contributed by atoms with Gasteiger partial charge in [0.2, 0.25) is 0 Å². The third kappa shape index (κ3) is 2.54. The summed E-state index contributed by atoms with van der Waals surface area (Å²) in [7, 11) is 0. The predicted molar refractivity (Wildman–Crippen MR) is 79.4 cm³/mol. The Morgan fingerprint density at radius 3 is 2.67 bits per heavy atom. The van der Waals surface area contributed by atoms with E-state index < -0.39 is 0 Å². The number of hydrogen-bond donors (Lipinski definition) is 1. The topological polar surface area (TPSA) is 15.3 Å². The van der Waals surface area contributed by atoms with Crippen LogP contribution in [0, 0.1) is 13.8 Å². The van der Waals surface area contributed by atoms with Gasteiger partial charge in [-0.3, -0.25) is 0 Å². The molecule has 1 saturated heterocycles. The largest absolute Gasteiger partial charge is 0.362 e. The maximum Gasteiger partial charge on any atom is 0.0473 e. The summed E-state index contributed by atoms with van der Waals surface area (Å²) in [5.41, 5.74) is 4.28. The lowest BCUT2D eigenvalue weighted by Crippen LogP contribution is -2.52. The van der Waals surface area contributed by atoms with Crippen molar-refractivity contribution >= 4 is 5.69 Å². The molecule has 0 amide bonds. The van der Waals surface area contributed by atoms with Crippen LogP contribution in [0.15, 0.2) is 18.2 Å². The SMILES string of the molecule is Cc1ccc(N2C(C)CCNCC2(C)C)c(C)c1. The molecule has 1 aromatic carbocycles. The fraction of sp³-hybridized carbons (Fsp3) is 0.625. The van der Waals surface area contributed by atoms with E-state index in [-0.39, 0.29) is 5.54 Å². The van der Waals surface area contributed by atoms with Crippen LogP contribution in [-0.4, -0.2) is 24.7 Å². The van der Waals surface area contributed by atoms with Gasteiger partial charge < -0.3 is 10.2 Å². The second-order valence-corrected chi connectivity index (χ2v) is 6.29. The van der Waals surface area contributed by atoms with E-state index in [4.69, 9.17) is 0 Å². The molecule has 1 aliphatic heterocycles. The van der Waals surface area contributed by atoms with Gasteiger partial charge in [0.15, 0.2) is 0 Å². The number of anilines is 1. The van der Waals surface area contributed by atoms with Gasteiger partial charge in [-0.15, -0.1) is 0 Å². The minimum atomic E-state index is 0.163. The molecule has 1 atom stereocenters. The molecule has 0 aromatic heterocycles. The van der Waals surface area contributed by atoms with Crippen LogP contribution < -0.4 is 10.2 Å². The summed E-state index contributed by atoms with van der Waals surface area (Å²) in [6.07, 6.45) is 1.21. The molecule has 2 heteroatoms. The first-order valence-electron chi connectivity index (χ1n) is 6.99. The lowest BCUT2D eigenvalue weighted by atomic mass is 9.97. The number of nitrogens with zero attached hydrogens (tertiary/aromatic N) is 1. The molecule has 1 unspecified atom stereocenters. The number of rotatable bonds is 1. The van der Waals surface area contributed by atoms with Gasteiger partial charge >= 0.3 is 0 Å². The first-order valence-corrected chi connectivity index (χ1v) is 6.99. The lowest BCUT2D eigenvalue weighted by molar-refractivity contribution is 0.432. The third-order valence-corrected chi connectivity index (χ3v) is 4.00. The summed E-state index contributed by atoms with van der Waals surface area (Å²) in [6, 6.07) is 7.38. The van der Waals surface area contributed by atoms with Gasteiger partial charge in [-0.1, -0.05) is 17.7 Å². The van der Waals surface area contributed by atoms with E-state index in [1.165, 1.54) is 23.2 Å². The van der Waals surface area contributed by atoms with Crippen LogP contribution in [0.25, 0.3) is 0 Å². The van der Waals surface area contributed by atoms with Crippen molar-refractivity contribution in [2.45, 2.75) is 52.6 Å². The van der Waals surface area contributed by atoms with E-state index in [1.54, 1.807) is 0 Å². The van der Waals surface area contributed by atoms with E-state index in [1.807, 2.05) is 0 Å². The molecule has 0 bridgehead atoms. The molecule has 1 fully saturated rings. The summed E-state index contributed by atoms with van der Waals surface area (Å²) >= 11 is 0. The van der Waals surface area contributed by atoms with Crippen molar-refractivity contribution in [3.63, 3.8) is 0 Å². The molecule has 0 spiro atoms. The zero-order valence-corrected chi connectivity index (χ0v) is 12.4. The second kappa shape index (κ2) is 4.93. The van der Waals surface area contributed by atoms with Crippen LogP contribution in [0.3, 0.4) is 0 Å².